The van der Waals surface area contributed by atoms with Crippen molar-refractivity contribution in [3.8, 4) is 17.0 Å². The first-order valence-corrected chi connectivity index (χ1v) is 10.1. The van der Waals surface area contributed by atoms with Crippen LogP contribution in [0.3, 0.4) is 0 Å². The van der Waals surface area contributed by atoms with E-state index in [0.717, 1.165) is 41.3 Å². The van der Waals surface area contributed by atoms with Gasteiger partial charge in [0.1, 0.15) is 11.4 Å². The molecule has 1 amide bonds. The highest BCUT2D eigenvalue weighted by atomic mass is 16.5. The molecule has 1 aromatic heterocycles. The Labute approximate surface area is 159 Å². The van der Waals surface area contributed by atoms with Crippen LogP contribution < -0.4 is 10.1 Å². The predicted molar refractivity (Wildman–Crippen MR) is 104 cm³/mol. The number of benzene rings is 1. The molecule has 27 heavy (non-hydrogen) atoms. The summed E-state index contributed by atoms with van der Waals surface area (Å²) in [5.74, 6) is 3.44. The van der Waals surface area contributed by atoms with Crippen LogP contribution >= 0.6 is 0 Å². The Hall–Kier alpha value is -2.30. The number of rotatable bonds is 5. The number of amides is 1. The third-order valence-electron chi connectivity index (χ3n) is 6.98. The van der Waals surface area contributed by atoms with Crippen LogP contribution in [0.15, 0.2) is 30.3 Å². The molecule has 0 unspecified atom stereocenters. The minimum absolute atomic E-state index is 0.0487. The lowest BCUT2D eigenvalue weighted by Crippen LogP contribution is -2.51. The molecule has 4 fully saturated rings. The Morgan fingerprint density at radius 3 is 2.56 bits per heavy atom. The molecular formula is C22H27N3O2. The second kappa shape index (κ2) is 6.39. The fourth-order valence-corrected chi connectivity index (χ4v) is 6.24. The fraction of sp³-hybridized carbons (Fsp3) is 0.545. The molecule has 142 valence electrons. The lowest BCUT2D eigenvalue weighted by atomic mass is 9.49. The maximum Gasteiger partial charge on any atom is 0.269 e. The van der Waals surface area contributed by atoms with E-state index in [0.29, 0.717) is 11.1 Å². The summed E-state index contributed by atoms with van der Waals surface area (Å²) in [6.45, 7) is 0.808. The molecule has 2 N–H and O–H groups in total. The monoisotopic (exact) mass is 365 g/mol. The molecule has 0 saturated heterocycles. The molecule has 0 atom stereocenters. The topological polar surface area (TPSA) is 67.0 Å². The van der Waals surface area contributed by atoms with Gasteiger partial charge in [0.05, 0.1) is 12.8 Å². The minimum atomic E-state index is -0.0487. The molecule has 5 heteroatoms. The summed E-state index contributed by atoms with van der Waals surface area (Å²) in [6.07, 6.45) is 8.19. The zero-order valence-corrected chi connectivity index (χ0v) is 15.8. The number of methoxy groups -OCH3 is 1. The quantitative estimate of drug-likeness (QED) is 0.841. The first-order valence-electron chi connectivity index (χ1n) is 10.1. The van der Waals surface area contributed by atoms with Crippen LogP contribution in [0.5, 0.6) is 5.75 Å². The van der Waals surface area contributed by atoms with E-state index < -0.39 is 0 Å². The van der Waals surface area contributed by atoms with E-state index in [9.17, 15) is 4.79 Å². The van der Waals surface area contributed by atoms with Crippen molar-refractivity contribution in [2.75, 3.05) is 13.7 Å². The van der Waals surface area contributed by atoms with Crippen LogP contribution in [0.25, 0.3) is 11.3 Å². The number of carbonyl (C=O) groups is 1. The van der Waals surface area contributed by atoms with Gasteiger partial charge in [0, 0.05) is 12.1 Å². The number of aromatic amines is 1. The second-order valence-corrected chi connectivity index (χ2v) is 9.00. The number of ether oxygens (including phenoxy) is 1. The number of aromatic nitrogens is 2. The summed E-state index contributed by atoms with van der Waals surface area (Å²) in [4.78, 5) is 12.7. The van der Waals surface area contributed by atoms with Gasteiger partial charge in [-0.25, -0.2) is 0 Å². The van der Waals surface area contributed by atoms with Crippen molar-refractivity contribution >= 4 is 5.91 Å². The summed E-state index contributed by atoms with van der Waals surface area (Å²) in [6, 6.07) is 9.54. The van der Waals surface area contributed by atoms with Crippen LogP contribution in [-0.4, -0.2) is 29.8 Å². The summed E-state index contributed by atoms with van der Waals surface area (Å²) < 4.78 is 5.27. The van der Waals surface area contributed by atoms with E-state index in [-0.39, 0.29) is 5.91 Å². The molecular weight excluding hydrogens is 338 g/mol. The Bertz CT molecular complexity index is 821. The molecule has 0 spiro atoms. The van der Waals surface area contributed by atoms with Crippen molar-refractivity contribution in [1.29, 1.82) is 0 Å². The number of nitrogens with zero attached hydrogens (tertiary/aromatic N) is 1. The first-order chi connectivity index (χ1) is 13.1. The van der Waals surface area contributed by atoms with Crippen LogP contribution in [0.2, 0.25) is 0 Å². The van der Waals surface area contributed by atoms with Crippen molar-refractivity contribution in [3.63, 3.8) is 0 Å². The average molecular weight is 365 g/mol. The maximum absolute atomic E-state index is 12.7. The molecule has 4 aliphatic carbocycles. The second-order valence-electron chi connectivity index (χ2n) is 9.00. The van der Waals surface area contributed by atoms with Gasteiger partial charge in [0.15, 0.2) is 0 Å². The Morgan fingerprint density at radius 1 is 1.19 bits per heavy atom. The molecule has 1 heterocycles. The van der Waals surface area contributed by atoms with Gasteiger partial charge in [-0.05, 0) is 79.9 Å². The molecule has 5 nitrogen and oxygen atoms in total. The van der Waals surface area contributed by atoms with Crippen molar-refractivity contribution in [1.82, 2.24) is 15.5 Å². The highest BCUT2D eigenvalue weighted by Crippen LogP contribution is 2.59. The van der Waals surface area contributed by atoms with Crippen LogP contribution in [0.1, 0.15) is 49.0 Å². The zero-order valence-electron chi connectivity index (χ0n) is 15.8. The van der Waals surface area contributed by atoms with Crippen LogP contribution in [0, 0.1) is 23.2 Å². The lowest BCUT2D eigenvalue weighted by Gasteiger charge is -2.56. The summed E-state index contributed by atoms with van der Waals surface area (Å²) in [7, 11) is 1.65. The normalized spacial score (nSPS) is 31.1. The van der Waals surface area contributed by atoms with Crippen molar-refractivity contribution in [3.05, 3.63) is 36.0 Å². The summed E-state index contributed by atoms with van der Waals surface area (Å²) in [5, 5.41) is 10.4. The van der Waals surface area contributed by atoms with Gasteiger partial charge < -0.3 is 10.1 Å². The molecule has 0 radical (unpaired) electrons. The number of hydrogen-bond acceptors (Lipinski definition) is 3. The fourth-order valence-electron chi connectivity index (χ4n) is 6.24. The standard InChI is InChI=1S/C22H27N3O2/c1-27-18-4-2-3-17(8-18)19-9-20(25-24-19)21(26)23-13-22-10-14-5-15(11-22)7-16(6-14)12-22/h2-4,8-9,14-16H,5-7,10-13H2,1H3,(H,23,26)(H,24,25). The van der Waals surface area contributed by atoms with Crippen molar-refractivity contribution in [2.45, 2.75) is 38.5 Å². The first kappa shape index (κ1) is 16.8. The summed E-state index contributed by atoms with van der Waals surface area (Å²) >= 11 is 0. The largest absolute Gasteiger partial charge is 0.497 e. The number of hydrogen-bond donors (Lipinski definition) is 2. The van der Waals surface area contributed by atoms with Gasteiger partial charge in [-0.3, -0.25) is 9.89 Å². The number of H-pyrrole nitrogens is 1. The van der Waals surface area contributed by atoms with E-state index >= 15 is 0 Å². The van der Waals surface area contributed by atoms with Crippen LogP contribution in [0.4, 0.5) is 0 Å². The third kappa shape index (κ3) is 3.13. The molecule has 6 rings (SSSR count). The molecule has 1 aromatic carbocycles. The van der Waals surface area contributed by atoms with Crippen molar-refractivity contribution < 1.29 is 9.53 Å². The van der Waals surface area contributed by atoms with Gasteiger partial charge in [0.2, 0.25) is 0 Å². The molecule has 4 bridgehead atoms. The third-order valence-corrected chi connectivity index (χ3v) is 6.98. The lowest BCUT2D eigenvalue weighted by molar-refractivity contribution is -0.0503. The smallest absolute Gasteiger partial charge is 0.269 e. The van der Waals surface area contributed by atoms with E-state index in [2.05, 4.69) is 15.5 Å². The predicted octanol–water partition coefficient (Wildman–Crippen LogP) is 4.03. The summed E-state index contributed by atoms with van der Waals surface area (Å²) in [5.41, 5.74) is 2.57. The molecule has 4 aliphatic rings. The van der Waals surface area contributed by atoms with Gasteiger partial charge in [-0.2, -0.15) is 5.10 Å². The Morgan fingerprint density at radius 2 is 1.89 bits per heavy atom. The van der Waals surface area contributed by atoms with Gasteiger partial charge in [-0.1, -0.05) is 12.1 Å². The Kier molecular flexibility index (Phi) is 3.99. The van der Waals surface area contributed by atoms with Crippen LogP contribution in [-0.2, 0) is 0 Å². The zero-order chi connectivity index (χ0) is 18.4. The van der Waals surface area contributed by atoms with E-state index in [1.54, 1.807) is 7.11 Å². The number of nitrogens with one attached hydrogen (secondary N) is 2. The van der Waals surface area contributed by atoms with E-state index in [4.69, 9.17) is 4.74 Å². The minimum Gasteiger partial charge on any atom is -0.497 e. The molecule has 0 aliphatic heterocycles. The van der Waals surface area contributed by atoms with Gasteiger partial charge in [0.25, 0.3) is 5.91 Å². The van der Waals surface area contributed by atoms with E-state index in [1.807, 2.05) is 30.3 Å². The van der Waals surface area contributed by atoms with Gasteiger partial charge in [-0.15, -0.1) is 0 Å². The highest BCUT2D eigenvalue weighted by Gasteiger charge is 2.50. The highest BCUT2D eigenvalue weighted by molar-refractivity contribution is 5.93. The Balaban J connectivity index is 1.26. The number of carbonyl (C=O) groups excluding carboxylic acids is 1. The molecule has 4 saturated carbocycles. The SMILES string of the molecule is COc1cccc(-c2cc(C(=O)NCC34CC5CC(CC(C5)C3)C4)[nH]n2)c1. The average Bonchev–Trinajstić information content (AvgIpc) is 3.15. The van der Waals surface area contributed by atoms with Crippen molar-refractivity contribution in [2.24, 2.45) is 23.2 Å². The molecule has 2 aromatic rings. The van der Waals surface area contributed by atoms with Gasteiger partial charge >= 0.3 is 0 Å². The maximum atomic E-state index is 12.7. The van der Waals surface area contributed by atoms with E-state index in [1.165, 1.54) is 38.5 Å².